The van der Waals surface area contributed by atoms with Gasteiger partial charge in [0.25, 0.3) is 5.95 Å². The number of nitrogens with two attached hydrogens (primary N) is 1. The van der Waals surface area contributed by atoms with Gasteiger partial charge in [-0.2, -0.15) is 4.80 Å². The molecule has 1 aromatic rings. The highest BCUT2D eigenvalue weighted by atomic mass is 16.2. The van der Waals surface area contributed by atoms with Gasteiger partial charge in [-0.25, -0.2) is 0 Å². The van der Waals surface area contributed by atoms with Crippen LogP contribution in [0.15, 0.2) is 0 Å². The molecular weight excluding hydrogens is 208 g/mol. The second kappa shape index (κ2) is 3.82. The van der Waals surface area contributed by atoms with Crippen LogP contribution in [0, 0.1) is 5.41 Å². The highest BCUT2D eigenvalue weighted by molar-refractivity contribution is 5.94. The number of rotatable bonds is 3. The number of nitrogens with one attached hydrogen (secondary N) is 1. The fourth-order valence-corrected chi connectivity index (χ4v) is 0.885. The molecule has 0 fully saturated rings. The van der Waals surface area contributed by atoms with E-state index in [0.717, 1.165) is 0 Å². The normalized spacial score (nSPS) is 12.6. The van der Waals surface area contributed by atoms with Crippen LogP contribution in [-0.4, -0.2) is 31.7 Å². The molecule has 0 saturated carbocycles. The Morgan fingerprint density at radius 1 is 1.38 bits per heavy atom. The Bertz CT molecular complexity index is 389. The summed E-state index contributed by atoms with van der Waals surface area (Å²) in [6.07, 6.45) is 0. The number of anilines is 1. The monoisotopic (exact) mass is 226 g/mol. The number of aryl methyl sites for hydroxylation is 1. The summed E-state index contributed by atoms with van der Waals surface area (Å²) < 4.78 is 0. The fourth-order valence-electron chi connectivity index (χ4n) is 0.885. The molecule has 0 unspecified atom stereocenters. The van der Waals surface area contributed by atoms with Crippen molar-refractivity contribution in [3.8, 4) is 0 Å². The Morgan fingerprint density at radius 3 is 2.31 bits per heavy atom. The number of hydrogen-bond acceptors (Lipinski definition) is 5. The predicted octanol–water partition coefficient (Wildman–Crippen LogP) is -0.0879. The topological polar surface area (TPSA) is 98.7 Å². The van der Waals surface area contributed by atoms with E-state index >= 15 is 0 Å². The van der Waals surface area contributed by atoms with E-state index in [9.17, 15) is 4.79 Å². The zero-order chi connectivity index (χ0) is 12.6. The first kappa shape index (κ1) is 12.6. The van der Waals surface area contributed by atoms with Gasteiger partial charge in [-0.05, 0) is 32.9 Å². The number of nitrogens with zero attached hydrogens (tertiary/aromatic N) is 4. The van der Waals surface area contributed by atoms with E-state index in [1.54, 1.807) is 34.7 Å². The third-order valence-electron chi connectivity index (χ3n) is 2.91. The van der Waals surface area contributed by atoms with E-state index in [2.05, 4.69) is 20.7 Å². The van der Waals surface area contributed by atoms with Gasteiger partial charge in [-0.15, -0.1) is 5.10 Å². The molecule has 1 heterocycles. The van der Waals surface area contributed by atoms with Crippen LogP contribution in [0.2, 0.25) is 0 Å². The molecule has 7 nitrogen and oxygen atoms in total. The Kier molecular flexibility index (Phi) is 3.00. The molecule has 0 bridgehead atoms. The molecule has 0 spiro atoms. The molecule has 3 N–H and O–H groups in total. The Labute approximate surface area is 94.4 Å². The van der Waals surface area contributed by atoms with Gasteiger partial charge in [0.05, 0.1) is 12.5 Å². The van der Waals surface area contributed by atoms with Gasteiger partial charge < -0.3 is 5.73 Å². The van der Waals surface area contributed by atoms with Crippen molar-refractivity contribution in [2.45, 2.75) is 33.2 Å². The Morgan fingerprint density at radius 2 is 1.94 bits per heavy atom. The molecule has 1 amide bonds. The van der Waals surface area contributed by atoms with E-state index in [1.807, 2.05) is 0 Å². The molecule has 0 aliphatic heterocycles. The summed E-state index contributed by atoms with van der Waals surface area (Å²) in [7, 11) is 1.63. The Balaban J connectivity index is 2.80. The van der Waals surface area contributed by atoms with E-state index in [4.69, 9.17) is 5.73 Å². The van der Waals surface area contributed by atoms with E-state index in [1.165, 1.54) is 4.80 Å². The quantitative estimate of drug-likeness (QED) is 0.750. The average Bonchev–Trinajstić information content (AvgIpc) is 2.49. The van der Waals surface area contributed by atoms with Crippen molar-refractivity contribution in [1.82, 2.24) is 20.2 Å². The third-order valence-corrected chi connectivity index (χ3v) is 2.91. The lowest BCUT2D eigenvalue weighted by Gasteiger charge is -2.36. The van der Waals surface area contributed by atoms with Crippen molar-refractivity contribution >= 4 is 11.9 Å². The van der Waals surface area contributed by atoms with Crippen LogP contribution >= 0.6 is 0 Å². The molecule has 1 aromatic heterocycles. The summed E-state index contributed by atoms with van der Waals surface area (Å²) in [5.74, 6) is -0.0437. The lowest BCUT2D eigenvalue weighted by atomic mass is 9.74. The number of tetrazole rings is 1. The van der Waals surface area contributed by atoms with Crippen molar-refractivity contribution in [2.75, 3.05) is 5.32 Å². The van der Waals surface area contributed by atoms with E-state index < -0.39 is 11.0 Å². The summed E-state index contributed by atoms with van der Waals surface area (Å²) in [5, 5.41) is 13.8. The minimum atomic E-state index is -0.730. The highest BCUT2D eigenvalue weighted by Crippen LogP contribution is 2.29. The van der Waals surface area contributed by atoms with Gasteiger partial charge in [0, 0.05) is 5.54 Å². The largest absolute Gasteiger partial charge is 0.325 e. The van der Waals surface area contributed by atoms with E-state index in [0.29, 0.717) is 0 Å². The highest BCUT2D eigenvalue weighted by Gasteiger charge is 2.40. The molecule has 7 heteroatoms. The Hall–Kier alpha value is -1.50. The van der Waals surface area contributed by atoms with Crippen molar-refractivity contribution in [2.24, 2.45) is 18.2 Å². The van der Waals surface area contributed by atoms with Gasteiger partial charge in [0.15, 0.2) is 0 Å². The van der Waals surface area contributed by atoms with E-state index in [-0.39, 0.29) is 11.9 Å². The van der Waals surface area contributed by atoms with Crippen LogP contribution in [-0.2, 0) is 11.8 Å². The molecule has 0 saturated heterocycles. The summed E-state index contributed by atoms with van der Waals surface area (Å²) in [5.41, 5.74) is 4.58. The zero-order valence-corrected chi connectivity index (χ0v) is 10.3. The number of amides is 1. The second-order valence-corrected chi connectivity index (χ2v) is 4.90. The van der Waals surface area contributed by atoms with Gasteiger partial charge in [-0.1, -0.05) is 5.10 Å². The first-order valence-corrected chi connectivity index (χ1v) is 4.99. The molecule has 0 aliphatic carbocycles. The number of carbonyl (C=O) groups is 1. The van der Waals surface area contributed by atoms with Crippen molar-refractivity contribution in [3.63, 3.8) is 0 Å². The maximum absolute atomic E-state index is 12.0. The van der Waals surface area contributed by atoms with Gasteiger partial charge in [0.2, 0.25) is 5.91 Å². The summed E-state index contributed by atoms with van der Waals surface area (Å²) >= 11 is 0. The fraction of sp³-hybridized carbons (Fsp3) is 0.778. The predicted molar refractivity (Wildman–Crippen MR) is 59.5 cm³/mol. The first-order valence-electron chi connectivity index (χ1n) is 4.99. The molecule has 90 valence electrons. The molecule has 0 radical (unpaired) electrons. The summed E-state index contributed by atoms with van der Waals surface area (Å²) in [6, 6.07) is 0. The molecule has 16 heavy (non-hydrogen) atoms. The molecule has 0 atom stereocenters. The zero-order valence-electron chi connectivity index (χ0n) is 10.3. The second-order valence-electron chi connectivity index (χ2n) is 4.90. The molecule has 0 aromatic carbocycles. The summed E-state index contributed by atoms with van der Waals surface area (Å²) in [4.78, 5) is 13.3. The van der Waals surface area contributed by atoms with Crippen LogP contribution in [0.5, 0.6) is 0 Å². The number of hydrogen-bond donors (Lipinski definition) is 2. The average molecular weight is 226 g/mol. The van der Waals surface area contributed by atoms with Crippen LogP contribution in [0.25, 0.3) is 0 Å². The van der Waals surface area contributed by atoms with Crippen molar-refractivity contribution in [3.05, 3.63) is 0 Å². The summed E-state index contributed by atoms with van der Waals surface area (Å²) in [6.45, 7) is 7.16. The van der Waals surface area contributed by atoms with Crippen LogP contribution in [0.1, 0.15) is 27.7 Å². The van der Waals surface area contributed by atoms with Crippen LogP contribution in [0.4, 0.5) is 5.95 Å². The first-order chi connectivity index (χ1) is 7.14. The standard InChI is InChI=1S/C9H18N6O/c1-8(2,9(3,4)10)6(16)11-7-12-14-15(5)13-7/h10H2,1-5H3,(H,11,13,16). The number of aromatic nitrogens is 4. The molecule has 0 aliphatic rings. The van der Waals surface area contributed by atoms with Crippen LogP contribution in [0.3, 0.4) is 0 Å². The van der Waals surface area contributed by atoms with Gasteiger partial charge >= 0.3 is 0 Å². The minimum absolute atomic E-state index is 0.185. The molecular formula is C9H18N6O. The van der Waals surface area contributed by atoms with Gasteiger partial charge in [0.1, 0.15) is 0 Å². The van der Waals surface area contributed by atoms with Crippen LogP contribution < -0.4 is 11.1 Å². The smallest absolute Gasteiger partial charge is 0.270 e. The SMILES string of the molecule is Cn1nnc(NC(=O)C(C)(C)C(C)(C)N)n1. The number of carbonyl (C=O) groups excluding carboxylic acids is 1. The minimum Gasteiger partial charge on any atom is -0.325 e. The maximum Gasteiger partial charge on any atom is 0.270 e. The third kappa shape index (κ3) is 2.35. The van der Waals surface area contributed by atoms with Crippen molar-refractivity contribution in [1.29, 1.82) is 0 Å². The maximum atomic E-state index is 12.0. The van der Waals surface area contributed by atoms with Crippen molar-refractivity contribution < 1.29 is 4.79 Å². The van der Waals surface area contributed by atoms with Gasteiger partial charge in [-0.3, -0.25) is 10.1 Å². The lowest BCUT2D eigenvalue weighted by Crippen LogP contribution is -2.53. The molecule has 1 rings (SSSR count). The lowest BCUT2D eigenvalue weighted by molar-refractivity contribution is -0.126.